The van der Waals surface area contributed by atoms with Gasteiger partial charge in [0.25, 0.3) is 0 Å². The maximum Gasteiger partial charge on any atom is 0.178 e. The average molecular weight is 957 g/mol. The van der Waals surface area contributed by atoms with Crippen molar-refractivity contribution in [3.05, 3.63) is 217 Å². The number of anilines is 6. The van der Waals surface area contributed by atoms with Crippen LogP contribution in [0.25, 0.3) is 109 Å². The first-order chi connectivity index (χ1) is 36.3. The lowest BCUT2D eigenvalue weighted by atomic mass is 9.96. The van der Waals surface area contributed by atoms with E-state index in [4.69, 9.17) is 17.7 Å². The summed E-state index contributed by atoms with van der Waals surface area (Å²) >= 11 is 0. The molecule has 0 saturated carbocycles. The molecule has 354 valence electrons. The summed E-state index contributed by atoms with van der Waals surface area (Å²) in [7, 11) is 0. The Bertz CT molecular complexity index is 4440. The summed E-state index contributed by atoms with van der Waals surface area (Å²) in [6.07, 6.45) is 0. The molecule has 15 rings (SSSR count). The molecule has 4 heterocycles. The summed E-state index contributed by atoms with van der Waals surface area (Å²) in [6, 6.07) is 73.5. The Morgan fingerprint density at radius 1 is 0.270 bits per heavy atom. The summed E-state index contributed by atoms with van der Waals surface area (Å²) in [5, 5.41) is 12.9. The molecule has 15 aromatic rings. The fourth-order valence-corrected chi connectivity index (χ4v) is 11.7. The number of fused-ring (bicyclic) bond motifs is 15. The smallest absolute Gasteiger partial charge is 0.178 e. The lowest BCUT2D eigenvalue weighted by Crippen LogP contribution is -2.13. The summed E-state index contributed by atoms with van der Waals surface area (Å²) in [6.45, 7) is 9.00. The molecule has 0 unspecified atom stereocenters. The van der Waals surface area contributed by atoms with Crippen LogP contribution in [0.3, 0.4) is 0 Å². The highest BCUT2D eigenvalue weighted by Gasteiger charge is 2.27. The normalized spacial score (nSPS) is 12.3. The molecule has 0 fully saturated rings. The predicted octanol–water partition coefficient (Wildman–Crippen LogP) is 20.8. The van der Waals surface area contributed by atoms with Crippen molar-refractivity contribution in [1.82, 2.24) is 0 Å². The molecule has 0 aliphatic heterocycles. The van der Waals surface area contributed by atoms with E-state index >= 15 is 0 Å². The molecule has 4 aromatic heterocycles. The lowest BCUT2D eigenvalue weighted by Gasteiger charge is -2.29. The average Bonchev–Trinajstić information content (AvgIpc) is 4.24. The Morgan fingerprint density at radius 2 is 0.649 bits per heavy atom. The maximum absolute atomic E-state index is 6.91. The Hall–Kier alpha value is -9.26. The van der Waals surface area contributed by atoms with Gasteiger partial charge in [-0.3, -0.25) is 0 Å². The monoisotopic (exact) mass is 956 g/mol. The van der Waals surface area contributed by atoms with Crippen molar-refractivity contribution in [2.24, 2.45) is 0 Å². The second-order valence-electron chi connectivity index (χ2n) is 20.4. The number of rotatable bonds is 8. The number of nitrogens with zero attached hydrogens (tertiary/aromatic N) is 2. The first-order valence-corrected chi connectivity index (χ1v) is 25.6. The van der Waals surface area contributed by atoms with E-state index in [0.29, 0.717) is 0 Å². The molecule has 0 aliphatic rings. The molecular formula is C68H48N2O4. The SMILES string of the molecule is CC(C)c1ccc2c(oc3ccccc32)c1N(c1ccccc1)c1ccc2cc3c(cc2c1)oc1c3ccc2c3cc4ccc(N(c5ccccc5)c5c(C(C)C)ccc6c5oc5ccccc56)cc4cc3oc21. The van der Waals surface area contributed by atoms with E-state index in [9.17, 15) is 0 Å². The molecule has 0 atom stereocenters. The van der Waals surface area contributed by atoms with Crippen LogP contribution in [0.15, 0.2) is 224 Å². The van der Waals surface area contributed by atoms with Crippen molar-refractivity contribution < 1.29 is 17.7 Å². The van der Waals surface area contributed by atoms with Crippen LogP contribution in [0, 0.1) is 0 Å². The topological polar surface area (TPSA) is 59.0 Å². The molecular weight excluding hydrogens is 909 g/mol. The first kappa shape index (κ1) is 42.4. The summed E-state index contributed by atoms with van der Waals surface area (Å²) in [5.74, 6) is 0.488. The maximum atomic E-state index is 6.91. The standard InChI is InChI=1S/C68H48N2O4/c1-39(2)49-27-29-53-51-19-11-13-21-59(51)71-65(53)63(49)69(45-15-7-5-8-16-45)47-25-23-41-35-57-55-31-32-56-58-36-42-24-26-48(34-44(42)38-62(58)74-68(56)67(55)73-61(57)37-43(41)33-47)70(46-17-9-6-10-18-46)64-50(40(3)4)28-30-54-52-20-12-14-22-60(52)72-66(54)64/h5-40H,1-4H3. The molecule has 11 aromatic carbocycles. The summed E-state index contributed by atoms with van der Waals surface area (Å²) in [4.78, 5) is 4.72. The summed E-state index contributed by atoms with van der Waals surface area (Å²) in [5.41, 5.74) is 15.3. The van der Waals surface area contributed by atoms with Crippen molar-refractivity contribution >= 4 is 143 Å². The minimum Gasteiger partial charge on any atom is -0.454 e. The number of furan rings is 4. The van der Waals surface area contributed by atoms with Gasteiger partial charge < -0.3 is 27.5 Å². The number of hydrogen-bond donors (Lipinski definition) is 0. The quantitative estimate of drug-likeness (QED) is 0.151. The zero-order valence-corrected chi connectivity index (χ0v) is 41.3. The number of benzene rings is 11. The van der Waals surface area contributed by atoms with E-state index in [2.05, 4.69) is 232 Å². The van der Waals surface area contributed by atoms with Gasteiger partial charge in [-0.2, -0.15) is 0 Å². The molecule has 0 N–H and O–H groups in total. The fourth-order valence-electron chi connectivity index (χ4n) is 11.7. The van der Waals surface area contributed by atoms with Gasteiger partial charge in [0.1, 0.15) is 22.3 Å². The second-order valence-corrected chi connectivity index (χ2v) is 20.4. The first-order valence-electron chi connectivity index (χ1n) is 25.6. The van der Waals surface area contributed by atoms with Crippen molar-refractivity contribution in [2.75, 3.05) is 9.80 Å². The lowest BCUT2D eigenvalue weighted by molar-refractivity contribution is 0.634. The van der Waals surface area contributed by atoms with E-state index < -0.39 is 0 Å². The van der Waals surface area contributed by atoms with Crippen molar-refractivity contribution in [3.8, 4) is 0 Å². The highest BCUT2D eigenvalue weighted by molar-refractivity contribution is 6.22. The van der Waals surface area contributed by atoms with E-state index in [1.54, 1.807) is 0 Å². The molecule has 74 heavy (non-hydrogen) atoms. The third kappa shape index (κ3) is 6.37. The molecule has 6 heteroatoms. The third-order valence-corrected chi connectivity index (χ3v) is 15.3. The van der Waals surface area contributed by atoms with Gasteiger partial charge in [-0.1, -0.05) is 137 Å². The minimum absolute atomic E-state index is 0.244. The van der Waals surface area contributed by atoms with Gasteiger partial charge in [0.2, 0.25) is 0 Å². The van der Waals surface area contributed by atoms with E-state index in [-0.39, 0.29) is 11.8 Å². The van der Waals surface area contributed by atoms with Crippen LogP contribution in [0.1, 0.15) is 50.7 Å². The van der Waals surface area contributed by atoms with E-state index in [0.717, 1.165) is 143 Å². The van der Waals surface area contributed by atoms with Crippen LogP contribution in [0.2, 0.25) is 0 Å². The third-order valence-electron chi connectivity index (χ3n) is 15.3. The van der Waals surface area contributed by atoms with Crippen LogP contribution in [0.4, 0.5) is 34.1 Å². The Kier molecular flexibility index (Phi) is 9.24. The van der Waals surface area contributed by atoms with Crippen LogP contribution in [0.5, 0.6) is 0 Å². The van der Waals surface area contributed by atoms with Crippen molar-refractivity contribution in [2.45, 2.75) is 39.5 Å². The Morgan fingerprint density at radius 3 is 1.08 bits per heavy atom. The number of hydrogen-bond acceptors (Lipinski definition) is 6. The van der Waals surface area contributed by atoms with Gasteiger partial charge in [0.05, 0.1) is 11.4 Å². The van der Waals surface area contributed by atoms with Gasteiger partial charge in [0.15, 0.2) is 22.3 Å². The Labute approximate surface area is 425 Å². The highest BCUT2D eigenvalue weighted by atomic mass is 16.4. The number of para-hydroxylation sites is 4. The molecule has 0 radical (unpaired) electrons. The zero-order valence-electron chi connectivity index (χ0n) is 41.3. The van der Waals surface area contributed by atoms with Gasteiger partial charge in [-0.25, -0.2) is 0 Å². The van der Waals surface area contributed by atoms with E-state index in [1.165, 1.54) is 11.1 Å². The van der Waals surface area contributed by atoms with Gasteiger partial charge >= 0.3 is 0 Å². The van der Waals surface area contributed by atoms with Crippen LogP contribution >= 0.6 is 0 Å². The molecule has 0 bridgehead atoms. The second kappa shape index (κ2) is 16.1. The van der Waals surface area contributed by atoms with Gasteiger partial charge in [-0.05, 0) is 142 Å². The summed E-state index contributed by atoms with van der Waals surface area (Å²) < 4.78 is 27.4. The molecule has 0 spiro atoms. The van der Waals surface area contributed by atoms with Crippen LogP contribution in [-0.4, -0.2) is 0 Å². The van der Waals surface area contributed by atoms with Crippen LogP contribution < -0.4 is 9.80 Å². The molecule has 6 nitrogen and oxygen atoms in total. The van der Waals surface area contributed by atoms with Crippen molar-refractivity contribution in [1.29, 1.82) is 0 Å². The van der Waals surface area contributed by atoms with Crippen LogP contribution in [-0.2, 0) is 0 Å². The Balaban J connectivity index is 0.871. The molecule has 0 aliphatic carbocycles. The fraction of sp³-hybridized carbons (Fsp3) is 0.0882. The molecule has 0 amide bonds. The van der Waals surface area contributed by atoms with Gasteiger partial charge in [0, 0.05) is 65.8 Å². The largest absolute Gasteiger partial charge is 0.454 e. The van der Waals surface area contributed by atoms with Gasteiger partial charge in [-0.15, -0.1) is 0 Å². The van der Waals surface area contributed by atoms with Crippen molar-refractivity contribution in [3.63, 3.8) is 0 Å². The highest BCUT2D eigenvalue weighted by Crippen LogP contribution is 2.50. The van der Waals surface area contributed by atoms with E-state index in [1.807, 2.05) is 12.1 Å². The minimum atomic E-state index is 0.244. The molecule has 0 saturated heterocycles. The predicted molar refractivity (Wildman–Crippen MR) is 308 cm³/mol. The zero-order chi connectivity index (χ0) is 49.3.